The Morgan fingerprint density at radius 3 is 2.64 bits per heavy atom. The van der Waals surface area contributed by atoms with Crippen molar-refractivity contribution in [3.8, 4) is 12.3 Å². The van der Waals surface area contributed by atoms with Crippen molar-refractivity contribution in [2.75, 3.05) is 19.6 Å². The van der Waals surface area contributed by atoms with Crippen LogP contribution in [0.2, 0.25) is 0 Å². The number of rotatable bonds is 2. The minimum atomic E-state index is 0.490. The highest BCUT2D eigenvalue weighted by molar-refractivity contribution is 4.90. The Morgan fingerprint density at radius 2 is 2.18 bits per heavy atom. The molecule has 1 aliphatic rings. The van der Waals surface area contributed by atoms with Gasteiger partial charge in [-0.2, -0.15) is 0 Å². The molecule has 0 amide bonds. The van der Waals surface area contributed by atoms with Crippen molar-refractivity contribution in [3.05, 3.63) is 0 Å². The highest BCUT2D eigenvalue weighted by Crippen LogP contribution is 2.07. The molecular weight excluding hydrogens is 138 g/mol. The summed E-state index contributed by atoms with van der Waals surface area (Å²) in [6.07, 6.45) is 7.41. The molecule has 0 aliphatic carbocycles. The van der Waals surface area contributed by atoms with Crippen molar-refractivity contribution in [3.63, 3.8) is 0 Å². The Labute approximate surface area is 67.9 Å². The molecule has 0 radical (unpaired) electrons. The highest BCUT2D eigenvalue weighted by Gasteiger charge is 2.16. The van der Waals surface area contributed by atoms with Gasteiger partial charge in [0.1, 0.15) is 0 Å². The number of piperidine rings is 1. The third-order valence-electron chi connectivity index (χ3n) is 2.14. The first kappa shape index (κ1) is 8.54. The summed E-state index contributed by atoms with van der Waals surface area (Å²) in [7, 11) is 0. The molecule has 1 fully saturated rings. The maximum Gasteiger partial charge on any atom is 0.0598 e. The zero-order chi connectivity index (χ0) is 8.10. The number of nitrogens with zero attached hydrogens (tertiary/aromatic N) is 1. The summed E-state index contributed by atoms with van der Waals surface area (Å²) >= 11 is 0. The van der Waals surface area contributed by atoms with Crippen molar-refractivity contribution in [1.29, 1.82) is 0 Å². The molecule has 1 heterocycles. The van der Waals surface area contributed by atoms with Gasteiger partial charge in [-0.15, -0.1) is 6.42 Å². The van der Waals surface area contributed by atoms with Crippen LogP contribution in [0.25, 0.3) is 0 Å². The van der Waals surface area contributed by atoms with Gasteiger partial charge in [-0.25, -0.2) is 0 Å². The molecule has 3 N–H and O–H groups in total. The molecule has 0 spiro atoms. The van der Waals surface area contributed by atoms with Gasteiger partial charge >= 0.3 is 0 Å². The van der Waals surface area contributed by atoms with Gasteiger partial charge in [0.05, 0.1) is 6.54 Å². The smallest absolute Gasteiger partial charge is 0.0598 e. The van der Waals surface area contributed by atoms with Gasteiger partial charge in [-0.1, -0.05) is 5.92 Å². The maximum absolute atomic E-state index is 5.31. The zero-order valence-electron chi connectivity index (χ0n) is 6.71. The van der Waals surface area contributed by atoms with Gasteiger partial charge in [0.2, 0.25) is 0 Å². The van der Waals surface area contributed by atoms with Gasteiger partial charge in [-0.3, -0.25) is 16.2 Å². The molecule has 3 heteroatoms. The Bertz CT molecular complexity index is 142. The Balaban J connectivity index is 2.20. The van der Waals surface area contributed by atoms with Crippen LogP contribution in [0.4, 0.5) is 0 Å². The van der Waals surface area contributed by atoms with E-state index in [0.29, 0.717) is 6.04 Å². The first-order chi connectivity index (χ1) is 5.36. The number of terminal acetylenes is 1. The summed E-state index contributed by atoms with van der Waals surface area (Å²) in [5.74, 6) is 7.96. The van der Waals surface area contributed by atoms with E-state index in [1.165, 1.54) is 0 Å². The summed E-state index contributed by atoms with van der Waals surface area (Å²) in [6, 6.07) is 0.490. The minimum absolute atomic E-state index is 0.490. The topological polar surface area (TPSA) is 41.3 Å². The molecule has 1 saturated heterocycles. The van der Waals surface area contributed by atoms with Crippen LogP contribution >= 0.6 is 0 Å². The summed E-state index contributed by atoms with van der Waals surface area (Å²) in [5.41, 5.74) is 2.79. The molecule has 0 unspecified atom stereocenters. The Kier molecular flexibility index (Phi) is 3.37. The summed E-state index contributed by atoms with van der Waals surface area (Å²) in [5, 5.41) is 0. The summed E-state index contributed by atoms with van der Waals surface area (Å²) < 4.78 is 0. The lowest BCUT2D eigenvalue weighted by Crippen LogP contribution is -2.45. The lowest BCUT2D eigenvalue weighted by molar-refractivity contribution is 0.219. The zero-order valence-corrected chi connectivity index (χ0v) is 6.71. The van der Waals surface area contributed by atoms with Crippen LogP contribution in [0.3, 0.4) is 0 Å². The lowest BCUT2D eigenvalue weighted by Gasteiger charge is -2.29. The second kappa shape index (κ2) is 4.35. The van der Waals surface area contributed by atoms with Gasteiger partial charge in [0, 0.05) is 19.1 Å². The van der Waals surface area contributed by atoms with E-state index >= 15 is 0 Å². The van der Waals surface area contributed by atoms with Crippen LogP contribution in [0.15, 0.2) is 0 Å². The number of hydrazine groups is 1. The third-order valence-corrected chi connectivity index (χ3v) is 2.14. The molecule has 11 heavy (non-hydrogen) atoms. The molecule has 0 aromatic heterocycles. The molecule has 1 rings (SSSR count). The van der Waals surface area contributed by atoms with Crippen molar-refractivity contribution in [2.45, 2.75) is 18.9 Å². The van der Waals surface area contributed by atoms with E-state index in [0.717, 1.165) is 32.5 Å². The number of hydrogen-bond donors (Lipinski definition) is 2. The van der Waals surface area contributed by atoms with Crippen LogP contribution in [0.1, 0.15) is 12.8 Å². The van der Waals surface area contributed by atoms with Crippen LogP contribution in [-0.4, -0.2) is 30.6 Å². The van der Waals surface area contributed by atoms with E-state index in [9.17, 15) is 0 Å². The van der Waals surface area contributed by atoms with E-state index in [1.54, 1.807) is 0 Å². The van der Waals surface area contributed by atoms with Crippen LogP contribution in [0.5, 0.6) is 0 Å². The second-order valence-corrected chi connectivity index (χ2v) is 2.92. The van der Waals surface area contributed by atoms with Crippen LogP contribution in [0, 0.1) is 12.3 Å². The quantitative estimate of drug-likeness (QED) is 0.321. The standard InChI is InChI=1S/C8H15N3/c1-2-5-11-6-3-8(10-9)4-7-11/h1,8,10H,3-7,9H2. The largest absolute Gasteiger partial charge is 0.292 e. The Hall–Kier alpha value is -0.560. The SMILES string of the molecule is C#CCN1CCC(NN)CC1. The van der Waals surface area contributed by atoms with Crippen molar-refractivity contribution in [1.82, 2.24) is 10.3 Å². The van der Waals surface area contributed by atoms with Crippen molar-refractivity contribution >= 4 is 0 Å². The maximum atomic E-state index is 5.31. The number of nitrogens with two attached hydrogens (primary N) is 1. The van der Waals surface area contributed by atoms with Crippen LogP contribution < -0.4 is 11.3 Å². The Morgan fingerprint density at radius 1 is 1.55 bits per heavy atom. The predicted molar refractivity (Wildman–Crippen MR) is 45.6 cm³/mol. The van der Waals surface area contributed by atoms with E-state index in [-0.39, 0.29) is 0 Å². The molecule has 62 valence electrons. The average Bonchev–Trinajstić information content (AvgIpc) is 2.07. The average molecular weight is 153 g/mol. The number of nitrogens with one attached hydrogen (secondary N) is 1. The first-order valence-corrected chi connectivity index (χ1v) is 3.98. The van der Waals surface area contributed by atoms with Gasteiger partial charge in [-0.05, 0) is 12.8 Å². The molecule has 0 aromatic rings. The van der Waals surface area contributed by atoms with E-state index < -0.39 is 0 Å². The van der Waals surface area contributed by atoms with E-state index in [4.69, 9.17) is 12.3 Å². The normalized spacial score (nSPS) is 21.5. The lowest BCUT2D eigenvalue weighted by atomic mass is 10.1. The highest BCUT2D eigenvalue weighted by atomic mass is 15.2. The van der Waals surface area contributed by atoms with Gasteiger partial charge in [0.25, 0.3) is 0 Å². The molecule has 0 atom stereocenters. The number of likely N-dealkylation sites (tertiary alicyclic amines) is 1. The molecule has 3 nitrogen and oxygen atoms in total. The third kappa shape index (κ3) is 2.51. The van der Waals surface area contributed by atoms with E-state index in [1.807, 2.05) is 0 Å². The van der Waals surface area contributed by atoms with Gasteiger partial charge < -0.3 is 0 Å². The fourth-order valence-electron chi connectivity index (χ4n) is 1.39. The second-order valence-electron chi connectivity index (χ2n) is 2.92. The molecule has 0 saturated carbocycles. The molecule has 0 aromatic carbocycles. The fraction of sp³-hybridized carbons (Fsp3) is 0.750. The monoisotopic (exact) mass is 153 g/mol. The summed E-state index contributed by atoms with van der Waals surface area (Å²) in [6.45, 7) is 2.91. The number of hydrogen-bond acceptors (Lipinski definition) is 3. The molecule has 0 bridgehead atoms. The fourth-order valence-corrected chi connectivity index (χ4v) is 1.39. The predicted octanol–water partition coefficient (Wildman–Crippen LogP) is -0.453. The first-order valence-electron chi connectivity index (χ1n) is 3.98. The van der Waals surface area contributed by atoms with Crippen molar-refractivity contribution < 1.29 is 0 Å². The molecular formula is C8H15N3. The van der Waals surface area contributed by atoms with Crippen LogP contribution in [-0.2, 0) is 0 Å². The minimum Gasteiger partial charge on any atom is -0.292 e. The van der Waals surface area contributed by atoms with Crippen molar-refractivity contribution in [2.24, 2.45) is 5.84 Å². The van der Waals surface area contributed by atoms with E-state index in [2.05, 4.69) is 16.2 Å². The summed E-state index contributed by atoms with van der Waals surface area (Å²) in [4.78, 5) is 2.27. The van der Waals surface area contributed by atoms with Gasteiger partial charge in [0.15, 0.2) is 0 Å². The molecule has 1 aliphatic heterocycles.